The summed E-state index contributed by atoms with van der Waals surface area (Å²) < 4.78 is 5.21. The van der Waals surface area contributed by atoms with E-state index in [0.717, 1.165) is 16.2 Å². The number of likely N-dealkylation sites (N-methyl/N-ethyl adjacent to an activating group) is 1. The van der Waals surface area contributed by atoms with E-state index in [2.05, 4.69) is 9.97 Å². The monoisotopic (exact) mass is 431 g/mol. The number of carbonyl (C=O) groups excluding carboxylic acids is 1. The molecule has 0 radical (unpaired) electrons. The van der Waals surface area contributed by atoms with Gasteiger partial charge in [-0.25, -0.2) is 4.98 Å². The molecule has 2 heterocycles. The van der Waals surface area contributed by atoms with Gasteiger partial charge in [0.15, 0.2) is 0 Å². The van der Waals surface area contributed by atoms with Crippen LogP contribution in [-0.4, -0.2) is 34.9 Å². The Morgan fingerprint density at radius 1 is 1.13 bits per heavy atom. The Kier molecular flexibility index (Phi) is 5.95. The first kappa shape index (κ1) is 20.6. The molecule has 0 fully saturated rings. The van der Waals surface area contributed by atoms with E-state index in [1.807, 2.05) is 53.9 Å². The largest absolute Gasteiger partial charge is 0.497 e. The number of amides is 1. The van der Waals surface area contributed by atoms with Crippen molar-refractivity contribution < 1.29 is 9.53 Å². The van der Waals surface area contributed by atoms with E-state index in [9.17, 15) is 9.59 Å². The molecule has 1 N–H and O–H groups in total. The maximum atomic E-state index is 13.3. The molecule has 0 aliphatic carbocycles. The molecule has 0 aliphatic heterocycles. The number of fused-ring (bicyclic) bond motifs is 1. The molecule has 0 saturated heterocycles. The molecular weight excluding hydrogens is 410 g/mol. The van der Waals surface area contributed by atoms with E-state index in [-0.39, 0.29) is 18.0 Å². The predicted molar refractivity (Wildman–Crippen MR) is 124 cm³/mol. The molecule has 156 valence electrons. The van der Waals surface area contributed by atoms with Gasteiger partial charge in [0.2, 0.25) is 0 Å². The summed E-state index contributed by atoms with van der Waals surface area (Å²) in [5.41, 5.74) is 1.86. The number of methoxy groups -OCH3 is 1. The van der Waals surface area contributed by atoms with Crippen LogP contribution in [0.4, 0.5) is 0 Å². The number of nitrogens with one attached hydrogen (secondary N) is 1. The van der Waals surface area contributed by atoms with Crippen molar-refractivity contribution >= 4 is 39.8 Å². The topological polar surface area (TPSA) is 75.3 Å². The average Bonchev–Trinajstić information content (AvgIpc) is 3.32. The minimum Gasteiger partial charge on any atom is -0.497 e. The SMILES string of the molecule is COc1ccc(C=C(C(=O)N(C)Cc2nc3ccccc3c(=O)[nH]2)c2cccs2)cc1. The summed E-state index contributed by atoms with van der Waals surface area (Å²) in [4.78, 5) is 35.4. The Balaban J connectivity index is 1.63. The summed E-state index contributed by atoms with van der Waals surface area (Å²) in [7, 11) is 3.32. The van der Waals surface area contributed by atoms with Crippen LogP contribution in [0.3, 0.4) is 0 Å². The molecule has 0 saturated carbocycles. The number of ether oxygens (including phenoxy) is 1. The molecule has 0 unspecified atom stereocenters. The van der Waals surface area contributed by atoms with Gasteiger partial charge in [-0.15, -0.1) is 11.3 Å². The maximum absolute atomic E-state index is 13.3. The van der Waals surface area contributed by atoms with Crippen LogP contribution in [0.2, 0.25) is 0 Å². The molecule has 0 atom stereocenters. The molecule has 2 aromatic heterocycles. The zero-order chi connectivity index (χ0) is 21.8. The highest BCUT2D eigenvalue weighted by Gasteiger charge is 2.19. The van der Waals surface area contributed by atoms with Crippen LogP contribution in [-0.2, 0) is 11.3 Å². The lowest BCUT2D eigenvalue weighted by Gasteiger charge is -2.18. The van der Waals surface area contributed by atoms with Crippen LogP contribution >= 0.6 is 11.3 Å². The summed E-state index contributed by atoms with van der Waals surface area (Å²) in [6, 6.07) is 18.5. The van der Waals surface area contributed by atoms with Gasteiger partial charge in [0, 0.05) is 11.9 Å². The minimum atomic E-state index is -0.214. The number of nitrogens with zero attached hydrogens (tertiary/aromatic N) is 2. The van der Waals surface area contributed by atoms with Crippen LogP contribution in [0, 0.1) is 0 Å². The number of thiophene rings is 1. The van der Waals surface area contributed by atoms with Gasteiger partial charge in [0.05, 0.1) is 30.1 Å². The number of benzene rings is 2. The maximum Gasteiger partial charge on any atom is 0.258 e. The van der Waals surface area contributed by atoms with E-state index < -0.39 is 0 Å². The fourth-order valence-corrected chi connectivity index (χ4v) is 3.98. The second-order valence-corrected chi connectivity index (χ2v) is 7.95. The van der Waals surface area contributed by atoms with Crippen LogP contribution in [0.1, 0.15) is 16.3 Å². The van der Waals surface area contributed by atoms with Crippen molar-refractivity contribution in [2.24, 2.45) is 0 Å². The summed E-state index contributed by atoms with van der Waals surface area (Å²) in [6.07, 6.45) is 1.86. The van der Waals surface area contributed by atoms with Crippen molar-refractivity contribution in [1.29, 1.82) is 0 Å². The zero-order valence-corrected chi connectivity index (χ0v) is 18.0. The quantitative estimate of drug-likeness (QED) is 0.465. The highest BCUT2D eigenvalue weighted by molar-refractivity contribution is 7.11. The lowest BCUT2D eigenvalue weighted by atomic mass is 10.1. The van der Waals surface area contributed by atoms with Gasteiger partial charge >= 0.3 is 0 Å². The third-order valence-electron chi connectivity index (χ3n) is 4.84. The fourth-order valence-electron chi connectivity index (χ4n) is 3.25. The molecule has 4 aromatic rings. The van der Waals surface area contributed by atoms with Crippen molar-refractivity contribution in [3.63, 3.8) is 0 Å². The smallest absolute Gasteiger partial charge is 0.258 e. The normalized spacial score (nSPS) is 11.5. The summed E-state index contributed by atoms with van der Waals surface area (Å²) in [6.45, 7) is 0.185. The Bertz CT molecular complexity index is 1290. The number of carbonyl (C=O) groups is 1. The molecule has 2 aromatic carbocycles. The van der Waals surface area contributed by atoms with Gasteiger partial charge in [-0.1, -0.05) is 30.3 Å². The first-order valence-corrected chi connectivity index (χ1v) is 10.6. The first-order chi connectivity index (χ1) is 15.0. The number of hydrogen-bond donors (Lipinski definition) is 1. The van der Waals surface area contributed by atoms with Gasteiger partial charge in [-0.05, 0) is 47.4 Å². The molecule has 0 spiro atoms. The van der Waals surface area contributed by atoms with Crippen LogP contribution in [0.5, 0.6) is 5.75 Å². The summed E-state index contributed by atoms with van der Waals surface area (Å²) in [5.74, 6) is 1.04. The Morgan fingerprint density at radius 2 is 1.90 bits per heavy atom. The van der Waals surface area contributed by atoms with Gasteiger partial charge in [0.25, 0.3) is 11.5 Å². The van der Waals surface area contributed by atoms with E-state index in [4.69, 9.17) is 4.74 Å². The molecule has 7 heteroatoms. The van der Waals surface area contributed by atoms with Gasteiger partial charge < -0.3 is 14.6 Å². The number of aromatic amines is 1. The van der Waals surface area contributed by atoms with E-state index >= 15 is 0 Å². The number of aromatic nitrogens is 2. The molecule has 4 rings (SSSR count). The highest BCUT2D eigenvalue weighted by Crippen LogP contribution is 2.26. The number of para-hydroxylation sites is 1. The molecule has 0 aliphatic rings. The zero-order valence-electron chi connectivity index (χ0n) is 17.2. The number of hydrogen-bond acceptors (Lipinski definition) is 5. The summed E-state index contributed by atoms with van der Waals surface area (Å²) in [5, 5.41) is 2.46. The molecule has 6 nitrogen and oxygen atoms in total. The average molecular weight is 432 g/mol. The van der Waals surface area contributed by atoms with Crippen LogP contribution in [0.15, 0.2) is 70.8 Å². The van der Waals surface area contributed by atoms with E-state index in [1.54, 1.807) is 37.3 Å². The van der Waals surface area contributed by atoms with Crippen molar-refractivity contribution in [3.05, 3.63) is 92.7 Å². The van der Waals surface area contributed by atoms with Crippen LogP contribution in [0.25, 0.3) is 22.6 Å². The first-order valence-electron chi connectivity index (χ1n) is 9.68. The van der Waals surface area contributed by atoms with Crippen molar-refractivity contribution in [2.45, 2.75) is 6.54 Å². The lowest BCUT2D eigenvalue weighted by Crippen LogP contribution is -2.29. The third-order valence-corrected chi connectivity index (χ3v) is 5.74. The van der Waals surface area contributed by atoms with Crippen molar-refractivity contribution in [3.8, 4) is 5.75 Å². The standard InChI is InChI=1S/C24H21N3O3S/c1-27(15-22-25-20-7-4-3-6-18(20)23(28)26-22)24(29)19(21-8-5-13-31-21)14-16-9-11-17(30-2)12-10-16/h3-14H,15H2,1-2H3,(H,25,26,28). The molecular formula is C24H21N3O3S. The number of rotatable bonds is 6. The van der Waals surface area contributed by atoms with Gasteiger partial charge in [0.1, 0.15) is 11.6 Å². The molecule has 31 heavy (non-hydrogen) atoms. The Hall–Kier alpha value is -3.71. The van der Waals surface area contributed by atoms with E-state index in [1.165, 1.54) is 11.3 Å². The second kappa shape index (κ2) is 8.97. The Morgan fingerprint density at radius 3 is 2.61 bits per heavy atom. The Labute approximate surface area is 183 Å². The second-order valence-electron chi connectivity index (χ2n) is 7.00. The highest BCUT2D eigenvalue weighted by atomic mass is 32.1. The van der Waals surface area contributed by atoms with Gasteiger partial charge in [-0.2, -0.15) is 0 Å². The van der Waals surface area contributed by atoms with Crippen LogP contribution < -0.4 is 10.3 Å². The van der Waals surface area contributed by atoms with Crippen molar-refractivity contribution in [2.75, 3.05) is 14.2 Å². The fraction of sp³-hybridized carbons (Fsp3) is 0.125. The minimum absolute atomic E-state index is 0.158. The predicted octanol–water partition coefficient (Wildman–Crippen LogP) is 4.19. The third kappa shape index (κ3) is 4.57. The summed E-state index contributed by atoms with van der Waals surface area (Å²) >= 11 is 1.50. The van der Waals surface area contributed by atoms with E-state index in [0.29, 0.717) is 22.3 Å². The van der Waals surface area contributed by atoms with Crippen molar-refractivity contribution in [1.82, 2.24) is 14.9 Å². The molecule has 1 amide bonds. The molecule has 0 bridgehead atoms. The van der Waals surface area contributed by atoms with Gasteiger partial charge in [-0.3, -0.25) is 9.59 Å². The number of H-pyrrole nitrogens is 1. The lowest BCUT2D eigenvalue weighted by molar-refractivity contribution is -0.124.